The molecular formula is C16H23N3O. The molecule has 4 nitrogen and oxygen atoms in total. The molecule has 0 atom stereocenters. The monoisotopic (exact) mass is 273 g/mol. The molecule has 0 aliphatic rings. The molecular weight excluding hydrogens is 250 g/mol. The minimum absolute atomic E-state index is 0.0913. The van der Waals surface area contributed by atoms with Crippen LogP contribution in [0.1, 0.15) is 32.0 Å². The molecule has 0 unspecified atom stereocenters. The highest BCUT2D eigenvalue weighted by Crippen LogP contribution is 2.21. The van der Waals surface area contributed by atoms with E-state index in [4.69, 9.17) is 0 Å². The van der Waals surface area contributed by atoms with Gasteiger partial charge in [-0.1, -0.05) is 39.0 Å². The number of aryl methyl sites for hydroxylation is 1. The third-order valence-electron chi connectivity index (χ3n) is 3.23. The molecule has 0 saturated heterocycles. The molecule has 0 aliphatic heterocycles. The van der Waals surface area contributed by atoms with Crippen LogP contribution in [0.25, 0.3) is 10.9 Å². The first kappa shape index (κ1) is 14.4. The van der Waals surface area contributed by atoms with Gasteiger partial charge in [0.25, 0.3) is 0 Å². The molecule has 2 amide bonds. The smallest absolute Gasteiger partial charge is 0.315 e. The van der Waals surface area contributed by atoms with E-state index in [0.717, 1.165) is 16.8 Å². The Kier molecular flexibility index (Phi) is 4.02. The lowest BCUT2D eigenvalue weighted by atomic mass is 9.97. The number of hydrogen-bond acceptors (Lipinski definition) is 1. The number of benzene rings is 1. The van der Waals surface area contributed by atoms with Crippen LogP contribution < -0.4 is 10.6 Å². The molecule has 2 aromatic rings. The minimum atomic E-state index is -0.121. The molecule has 0 bridgehead atoms. The van der Waals surface area contributed by atoms with E-state index in [0.29, 0.717) is 13.1 Å². The molecule has 3 N–H and O–H groups in total. The number of nitrogens with one attached hydrogen (secondary N) is 3. The van der Waals surface area contributed by atoms with Gasteiger partial charge < -0.3 is 15.6 Å². The van der Waals surface area contributed by atoms with E-state index >= 15 is 0 Å². The van der Waals surface area contributed by atoms with Crippen LogP contribution in [-0.4, -0.2) is 17.6 Å². The van der Waals surface area contributed by atoms with Crippen molar-refractivity contribution in [3.63, 3.8) is 0 Å². The van der Waals surface area contributed by atoms with Crippen molar-refractivity contribution in [3.8, 4) is 0 Å². The maximum atomic E-state index is 11.8. The summed E-state index contributed by atoms with van der Waals surface area (Å²) in [4.78, 5) is 15.1. The first-order valence-electron chi connectivity index (χ1n) is 6.95. The average Bonchev–Trinajstić information content (AvgIpc) is 2.69. The Morgan fingerprint density at radius 3 is 2.60 bits per heavy atom. The Balaban J connectivity index is 1.99. The van der Waals surface area contributed by atoms with Crippen LogP contribution >= 0.6 is 0 Å². The Labute approximate surface area is 120 Å². The summed E-state index contributed by atoms with van der Waals surface area (Å²) >= 11 is 0. The second-order valence-electron chi connectivity index (χ2n) is 6.37. The zero-order chi connectivity index (χ0) is 14.8. The molecule has 1 aromatic carbocycles. The van der Waals surface area contributed by atoms with Crippen LogP contribution in [0.2, 0.25) is 0 Å². The number of carbonyl (C=O) groups is 1. The fourth-order valence-corrected chi connectivity index (χ4v) is 2.14. The molecule has 1 aromatic heterocycles. The van der Waals surface area contributed by atoms with Crippen LogP contribution in [0, 0.1) is 12.3 Å². The summed E-state index contributed by atoms with van der Waals surface area (Å²) in [6.07, 6.45) is 0. The number of para-hydroxylation sites is 1. The van der Waals surface area contributed by atoms with E-state index in [-0.39, 0.29) is 11.4 Å². The first-order valence-corrected chi connectivity index (χ1v) is 6.95. The van der Waals surface area contributed by atoms with Crippen molar-refractivity contribution in [1.82, 2.24) is 15.6 Å². The molecule has 1 heterocycles. The predicted molar refractivity (Wildman–Crippen MR) is 82.7 cm³/mol. The first-order chi connectivity index (χ1) is 9.37. The fraction of sp³-hybridized carbons (Fsp3) is 0.438. The van der Waals surface area contributed by atoms with E-state index in [1.165, 1.54) is 5.39 Å². The molecule has 0 fully saturated rings. The predicted octanol–water partition coefficient (Wildman–Crippen LogP) is 3.32. The number of H-pyrrole nitrogens is 1. The van der Waals surface area contributed by atoms with Gasteiger partial charge in [-0.3, -0.25) is 0 Å². The number of urea groups is 1. The van der Waals surface area contributed by atoms with Crippen molar-refractivity contribution < 1.29 is 4.79 Å². The number of aromatic nitrogens is 1. The summed E-state index contributed by atoms with van der Waals surface area (Å²) < 4.78 is 0. The maximum Gasteiger partial charge on any atom is 0.315 e. The Bertz CT molecular complexity index is 608. The van der Waals surface area contributed by atoms with Gasteiger partial charge >= 0.3 is 6.03 Å². The average molecular weight is 273 g/mol. The molecule has 0 radical (unpaired) electrons. The van der Waals surface area contributed by atoms with Gasteiger partial charge in [-0.15, -0.1) is 0 Å². The highest BCUT2D eigenvalue weighted by Gasteiger charge is 2.13. The van der Waals surface area contributed by atoms with E-state index in [1.807, 2.05) is 25.1 Å². The summed E-state index contributed by atoms with van der Waals surface area (Å²) in [6.45, 7) is 9.51. The molecule has 108 valence electrons. The summed E-state index contributed by atoms with van der Waals surface area (Å²) in [7, 11) is 0. The van der Waals surface area contributed by atoms with Crippen molar-refractivity contribution in [3.05, 3.63) is 35.5 Å². The number of fused-ring (bicyclic) bond motifs is 1. The van der Waals surface area contributed by atoms with E-state index in [1.54, 1.807) is 0 Å². The summed E-state index contributed by atoms with van der Waals surface area (Å²) in [6, 6.07) is 8.02. The van der Waals surface area contributed by atoms with Gasteiger partial charge in [0.2, 0.25) is 0 Å². The van der Waals surface area contributed by atoms with Crippen LogP contribution in [0.3, 0.4) is 0 Å². The molecule has 0 aliphatic carbocycles. The number of amides is 2. The number of carbonyl (C=O) groups excluding carboxylic acids is 1. The quantitative estimate of drug-likeness (QED) is 0.789. The Hall–Kier alpha value is -1.97. The maximum absolute atomic E-state index is 11.8. The molecule has 0 spiro atoms. The molecule has 2 rings (SSSR count). The highest BCUT2D eigenvalue weighted by molar-refractivity contribution is 5.85. The van der Waals surface area contributed by atoms with E-state index in [2.05, 4.69) is 42.5 Å². The zero-order valence-electron chi connectivity index (χ0n) is 12.6. The van der Waals surface area contributed by atoms with Crippen molar-refractivity contribution in [1.29, 1.82) is 0 Å². The van der Waals surface area contributed by atoms with Crippen LogP contribution in [-0.2, 0) is 6.54 Å². The third-order valence-corrected chi connectivity index (χ3v) is 3.23. The second kappa shape index (κ2) is 5.57. The van der Waals surface area contributed by atoms with Gasteiger partial charge in [0.1, 0.15) is 0 Å². The normalized spacial score (nSPS) is 11.6. The second-order valence-corrected chi connectivity index (χ2v) is 6.37. The van der Waals surface area contributed by atoms with Crippen LogP contribution in [0.5, 0.6) is 0 Å². The Morgan fingerprint density at radius 2 is 1.90 bits per heavy atom. The molecule has 0 saturated carbocycles. The number of aromatic amines is 1. The zero-order valence-corrected chi connectivity index (χ0v) is 12.6. The molecule has 20 heavy (non-hydrogen) atoms. The van der Waals surface area contributed by atoms with Crippen molar-refractivity contribution in [2.75, 3.05) is 6.54 Å². The SMILES string of the molecule is Cc1[nH]c2ccccc2c1CNC(=O)NCC(C)(C)C. The van der Waals surface area contributed by atoms with Crippen molar-refractivity contribution >= 4 is 16.9 Å². The van der Waals surface area contributed by atoms with Gasteiger partial charge in [-0.05, 0) is 24.0 Å². The lowest BCUT2D eigenvalue weighted by Gasteiger charge is -2.18. The van der Waals surface area contributed by atoms with E-state index in [9.17, 15) is 4.79 Å². The largest absolute Gasteiger partial charge is 0.358 e. The third kappa shape index (κ3) is 3.53. The van der Waals surface area contributed by atoms with Gasteiger partial charge in [0.05, 0.1) is 0 Å². The fourth-order valence-electron chi connectivity index (χ4n) is 2.14. The van der Waals surface area contributed by atoms with Gasteiger partial charge in [-0.25, -0.2) is 4.79 Å². The van der Waals surface area contributed by atoms with Gasteiger partial charge in [0, 0.05) is 29.7 Å². The number of hydrogen-bond donors (Lipinski definition) is 3. The standard InChI is InChI=1S/C16H23N3O/c1-11-13(12-7-5-6-8-14(12)19-11)9-17-15(20)18-10-16(2,3)4/h5-8,19H,9-10H2,1-4H3,(H2,17,18,20). The minimum Gasteiger partial charge on any atom is -0.358 e. The number of rotatable bonds is 3. The Morgan fingerprint density at radius 1 is 1.20 bits per heavy atom. The van der Waals surface area contributed by atoms with Crippen LogP contribution in [0.4, 0.5) is 4.79 Å². The summed E-state index contributed by atoms with van der Waals surface area (Å²) in [5.41, 5.74) is 3.44. The highest BCUT2D eigenvalue weighted by atomic mass is 16.2. The topological polar surface area (TPSA) is 56.9 Å². The summed E-state index contributed by atoms with van der Waals surface area (Å²) in [5.74, 6) is 0. The molecule has 4 heteroatoms. The van der Waals surface area contributed by atoms with Crippen LogP contribution in [0.15, 0.2) is 24.3 Å². The van der Waals surface area contributed by atoms with Crippen molar-refractivity contribution in [2.45, 2.75) is 34.2 Å². The summed E-state index contributed by atoms with van der Waals surface area (Å²) in [5, 5.41) is 6.98. The van der Waals surface area contributed by atoms with Gasteiger partial charge in [-0.2, -0.15) is 0 Å². The van der Waals surface area contributed by atoms with Gasteiger partial charge in [0.15, 0.2) is 0 Å². The van der Waals surface area contributed by atoms with Crippen molar-refractivity contribution in [2.24, 2.45) is 5.41 Å². The lowest BCUT2D eigenvalue weighted by Crippen LogP contribution is -2.39. The lowest BCUT2D eigenvalue weighted by molar-refractivity contribution is 0.235. The van der Waals surface area contributed by atoms with E-state index < -0.39 is 0 Å².